The lowest BCUT2D eigenvalue weighted by Gasteiger charge is -2.19. The van der Waals surface area contributed by atoms with Gasteiger partial charge in [0.1, 0.15) is 0 Å². The average Bonchev–Trinajstić information content (AvgIpc) is 2.35. The quantitative estimate of drug-likeness (QED) is 0.806. The lowest BCUT2D eigenvalue weighted by atomic mass is 9.98. The van der Waals surface area contributed by atoms with Crippen LogP contribution in [0.3, 0.4) is 0 Å². The number of carbonyl (C=O) groups is 1. The third-order valence-corrected chi connectivity index (χ3v) is 3.50. The molecule has 0 aliphatic rings. The second-order valence-corrected chi connectivity index (χ2v) is 7.12. The van der Waals surface area contributed by atoms with Gasteiger partial charge in [0.05, 0.1) is 6.04 Å². The van der Waals surface area contributed by atoms with Crippen LogP contribution in [-0.4, -0.2) is 11.4 Å². The molecule has 1 aromatic rings. The van der Waals surface area contributed by atoms with Crippen LogP contribution in [0.5, 0.6) is 0 Å². The van der Waals surface area contributed by atoms with Crippen molar-refractivity contribution in [3.05, 3.63) is 35.4 Å². The van der Waals surface area contributed by atoms with Gasteiger partial charge in [-0.05, 0) is 50.7 Å². The second-order valence-electron chi connectivity index (χ2n) is 7.12. The molecular formula is C18H30N2O. The second kappa shape index (κ2) is 7.60. The Balaban J connectivity index is 2.51. The van der Waals surface area contributed by atoms with Gasteiger partial charge >= 0.3 is 0 Å². The summed E-state index contributed by atoms with van der Waals surface area (Å²) in [5, 5.41) is 3.03. The predicted molar refractivity (Wildman–Crippen MR) is 89.0 cm³/mol. The van der Waals surface area contributed by atoms with Gasteiger partial charge in [0.15, 0.2) is 0 Å². The van der Waals surface area contributed by atoms with Crippen molar-refractivity contribution in [1.29, 1.82) is 0 Å². The van der Waals surface area contributed by atoms with Crippen molar-refractivity contribution < 1.29 is 4.79 Å². The molecule has 0 fully saturated rings. The van der Waals surface area contributed by atoms with Gasteiger partial charge < -0.3 is 11.1 Å². The van der Waals surface area contributed by atoms with Crippen LogP contribution in [0.1, 0.15) is 64.6 Å². The van der Waals surface area contributed by atoms with Crippen molar-refractivity contribution in [2.75, 3.05) is 0 Å². The fourth-order valence-electron chi connectivity index (χ4n) is 2.25. The zero-order chi connectivity index (χ0) is 16.0. The molecule has 3 nitrogen and oxygen atoms in total. The van der Waals surface area contributed by atoms with Gasteiger partial charge in [-0.2, -0.15) is 0 Å². The van der Waals surface area contributed by atoms with E-state index in [-0.39, 0.29) is 17.5 Å². The Kier molecular flexibility index (Phi) is 6.41. The Morgan fingerprint density at radius 3 is 2.24 bits per heavy atom. The van der Waals surface area contributed by atoms with E-state index in [1.807, 2.05) is 20.8 Å². The summed E-state index contributed by atoms with van der Waals surface area (Å²) in [6, 6.07) is 8.55. The highest BCUT2D eigenvalue weighted by atomic mass is 16.1. The SMILES string of the molecule is CC(C)Cc1ccc(C(C)NC(=O)CCC(C)(C)N)cc1. The first kappa shape index (κ1) is 17.7. The van der Waals surface area contributed by atoms with Gasteiger partial charge in [-0.25, -0.2) is 0 Å². The van der Waals surface area contributed by atoms with Gasteiger partial charge in [0.2, 0.25) is 5.91 Å². The normalized spacial score (nSPS) is 13.3. The van der Waals surface area contributed by atoms with Crippen molar-refractivity contribution in [1.82, 2.24) is 5.32 Å². The van der Waals surface area contributed by atoms with Crippen LogP contribution in [0.15, 0.2) is 24.3 Å². The summed E-state index contributed by atoms with van der Waals surface area (Å²) in [6.07, 6.45) is 2.25. The highest BCUT2D eigenvalue weighted by Gasteiger charge is 2.15. The molecular weight excluding hydrogens is 260 g/mol. The molecule has 0 aliphatic carbocycles. The van der Waals surface area contributed by atoms with Crippen LogP contribution in [0.2, 0.25) is 0 Å². The summed E-state index contributed by atoms with van der Waals surface area (Å²) >= 11 is 0. The molecule has 0 saturated carbocycles. The van der Waals surface area contributed by atoms with E-state index in [2.05, 4.69) is 43.4 Å². The Bertz CT molecular complexity index is 443. The molecule has 0 spiro atoms. The number of hydrogen-bond donors (Lipinski definition) is 2. The molecule has 1 rings (SSSR count). The largest absolute Gasteiger partial charge is 0.350 e. The van der Waals surface area contributed by atoms with E-state index in [4.69, 9.17) is 5.73 Å². The molecule has 0 heterocycles. The summed E-state index contributed by atoms with van der Waals surface area (Å²) < 4.78 is 0. The molecule has 118 valence electrons. The van der Waals surface area contributed by atoms with Crippen molar-refractivity contribution in [2.24, 2.45) is 11.7 Å². The smallest absolute Gasteiger partial charge is 0.220 e. The molecule has 0 bridgehead atoms. The van der Waals surface area contributed by atoms with E-state index in [0.29, 0.717) is 18.8 Å². The Morgan fingerprint density at radius 1 is 1.19 bits per heavy atom. The molecule has 3 N–H and O–H groups in total. The van der Waals surface area contributed by atoms with Crippen LogP contribution >= 0.6 is 0 Å². The molecule has 1 atom stereocenters. The van der Waals surface area contributed by atoms with E-state index in [1.165, 1.54) is 5.56 Å². The van der Waals surface area contributed by atoms with Crippen LogP contribution in [0.25, 0.3) is 0 Å². The number of rotatable bonds is 7. The first-order valence-corrected chi connectivity index (χ1v) is 7.84. The van der Waals surface area contributed by atoms with Crippen LogP contribution in [-0.2, 0) is 11.2 Å². The number of nitrogens with one attached hydrogen (secondary N) is 1. The van der Waals surface area contributed by atoms with Crippen LogP contribution in [0, 0.1) is 5.92 Å². The third-order valence-electron chi connectivity index (χ3n) is 3.50. The molecule has 21 heavy (non-hydrogen) atoms. The maximum Gasteiger partial charge on any atom is 0.220 e. The number of benzene rings is 1. The van der Waals surface area contributed by atoms with Crippen molar-refractivity contribution in [3.63, 3.8) is 0 Å². The zero-order valence-electron chi connectivity index (χ0n) is 14.1. The lowest BCUT2D eigenvalue weighted by molar-refractivity contribution is -0.122. The first-order chi connectivity index (χ1) is 9.67. The minimum absolute atomic E-state index is 0.0338. The fraction of sp³-hybridized carbons (Fsp3) is 0.611. The summed E-state index contributed by atoms with van der Waals surface area (Å²) in [7, 11) is 0. The molecule has 3 heteroatoms. The summed E-state index contributed by atoms with van der Waals surface area (Å²) in [5.41, 5.74) is 8.10. The third kappa shape index (κ3) is 7.28. The van der Waals surface area contributed by atoms with Crippen LogP contribution < -0.4 is 11.1 Å². The average molecular weight is 290 g/mol. The maximum absolute atomic E-state index is 11.9. The molecule has 1 amide bonds. The van der Waals surface area contributed by atoms with Gasteiger partial charge in [-0.1, -0.05) is 38.1 Å². The summed E-state index contributed by atoms with van der Waals surface area (Å²) in [5.74, 6) is 0.722. The maximum atomic E-state index is 11.9. The van der Waals surface area contributed by atoms with E-state index in [0.717, 1.165) is 12.0 Å². The number of amides is 1. The first-order valence-electron chi connectivity index (χ1n) is 7.84. The molecule has 0 aromatic heterocycles. The summed E-state index contributed by atoms with van der Waals surface area (Å²) in [6.45, 7) is 10.3. The standard InChI is InChI=1S/C18H30N2O/c1-13(2)12-15-6-8-16(9-7-15)14(3)20-17(21)10-11-18(4,5)19/h6-9,13-14H,10-12,19H2,1-5H3,(H,20,21). The topological polar surface area (TPSA) is 55.1 Å². The van der Waals surface area contributed by atoms with E-state index >= 15 is 0 Å². The molecule has 1 unspecified atom stereocenters. The predicted octanol–water partition coefficient (Wildman–Crippen LogP) is 3.58. The molecule has 0 radical (unpaired) electrons. The molecule has 0 aliphatic heterocycles. The van der Waals surface area contributed by atoms with E-state index < -0.39 is 0 Å². The monoisotopic (exact) mass is 290 g/mol. The summed E-state index contributed by atoms with van der Waals surface area (Å²) in [4.78, 5) is 11.9. The Hall–Kier alpha value is -1.35. The van der Waals surface area contributed by atoms with Crippen molar-refractivity contribution in [2.45, 2.75) is 65.5 Å². The minimum atomic E-state index is -0.293. The highest BCUT2D eigenvalue weighted by molar-refractivity contribution is 5.76. The molecule has 0 saturated heterocycles. The van der Waals surface area contributed by atoms with E-state index in [1.54, 1.807) is 0 Å². The van der Waals surface area contributed by atoms with Crippen molar-refractivity contribution >= 4 is 5.91 Å². The minimum Gasteiger partial charge on any atom is -0.350 e. The Labute approximate surface area is 129 Å². The fourth-order valence-corrected chi connectivity index (χ4v) is 2.25. The molecule has 1 aromatic carbocycles. The lowest BCUT2D eigenvalue weighted by Crippen LogP contribution is -2.35. The Morgan fingerprint density at radius 2 is 1.76 bits per heavy atom. The number of hydrogen-bond acceptors (Lipinski definition) is 2. The van der Waals surface area contributed by atoms with Gasteiger partial charge in [0, 0.05) is 12.0 Å². The van der Waals surface area contributed by atoms with Gasteiger partial charge in [0.25, 0.3) is 0 Å². The van der Waals surface area contributed by atoms with Crippen LogP contribution in [0.4, 0.5) is 0 Å². The highest BCUT2D eigenvalue weighted by Crippen LogP contribution is 2.16. The zero-order valence-corrected chi connectivity index (χ0v) is 14.1. The number of carbonyl (C=O) groups excluding carboxylic acids is 1. The van der Waals surface area contributed by atoms with E-state index in [9.17, 15) is 4.79 Å². The number of nitrogens with two attached hydrogens (primary N) is 1. The van der Waals surface area contributed by atoms with Gasteiger partial charge in [-0.15, -0.1) is 0 Å². The van der Waals surface area contributed by atoms with Crippen molar-refractivity contribution in [3.8, 4) is 0 Å². The van der Waals surface area contributed by atoms with Gasteiger partial charge in [-0.3, -0.25) is 4.79 Å².